The molecule has 6 rings (SSSR count). The minimum Gasteiger partial charge on any atom is -0.388 e. The van der Waals surface area contributed by atoms with Gasteiger partial charge in [-0.3, -0.25) is 10.2 Å². The fourth-order valence-electron chi connectivity index (χ4n) is 4.82. The Morgan fingerprint density at radius 1 is 1.16 bits per heavy atom. The van der Waals surface area contributed by atoms with E-state index in [1.165, 1.54) is 6.33 Å². The third-order valence-electron chi connectivity index (χ3n) is 6.56. The number of aliphatic hydroxyl groups is 1. The summed E-state index contributed by atoms with van der Waals surface area (Å²) in [7, 11) is 0. The maximum absolute atomic E-state index is 13.4. The first kappa shape index (κ1) is 23.8. The highest BCUT2D eigenvalue weighted by Crippen LogP contribution is 2.34. The Balaban J connectivity index is 1.30. The number of tetrazole rings is 1. The Labute approximate surface area is 221 Å². The number of pyridine rings is 1. The summed E-state index contributed by atoms with van der Waals surface area (Å²) in [4.78, 5) is 21.4. The minimum atomic E-state index is -0.352. The van der Waals surface area contributed by atoms with Crippen LogP contribution in [0, 0.1) is 5.41 Å². The van der Waals surface area contributed by atoms with Crippen molar-refractivity contribution in [2.45, 2.75) is 18.9 Å². The number of aryl methyl sites for hydroxylation is 1. The van der Waals surface area contributed by atoms with Crippen LogP contribution < -0.4 is 10.9 Å². The molecule has 1 aliphatic rings. The van der Waals surface area contributed by atoms with Gasteiger partial charge in [0.05, 0.1) is 23.6 Å². The second-order valence-electron chi connectivity index (χ2n) is 8.94. The number of aliphatic hydroxyl groups excluding tert-OH is 1. The summed E-state index contributed by atoms with van der Waals surface area (Å²) in [5.41, 5.74) is 5.49. The molecule has 11 nitrogen and oxygen atoms in total. The van der Waals surface area contributed by atoms with Gasteiger partial charge in [0, 0.05) is 28.0 Å². The first-order chi connectivity index (χ1) is 18.5. The number of fused-ring (bicyclic) bond motifs is 1. The second-order valence-corrected chi connectivity index (χ2v) is 9.37. The van der Waals surface area contributed by atoms with Crippen molar-refractivity contribution in [2.24, 2.45) is 0 Å². The highest BCUT2D eigenvalue weighted by atomic mass is 35.5. The topological polar surface area (TPSA) is 150 Å². The molecule has 2 aromatic carbocycles. The van der Waals surface area contributed by atoms with Crippen LogP contribution in [0.4, 0.5) is 5.69 Å². The summed E-state index contributed by atoms with van der Waals surface area (Å²) in [6.07, 6.45) is 4.73. The normalized spacial score (nSPS) is 14.4. The molecule has 0 fully saturated rings. The lowest BCUT2D eigenvalue weighted by Gasteiger charge is -2.15. The maximum atomic E-state index is 13.4. The Bertz CT molecular complexity index is 1690. The van der Waals surface area contributed by atoms with Gasteiger partial charge in [-0.15, -0.1) is 5.10 Å². The molecule has 38 heavy (non-hydrogen) atoms. The van der Waals surface area contributed by atoms with E-state index in [1.54, 1.807) is 27.6 Å². The summed E-state index contributed by atoms with van der Waals surface area (Å²) in [5, 5.41) is 31.4. The van der Waals surface area contributed by atoms with E-state index in [0.717, 1.165) is 52.4 Å². The number of anilines is 1. The van der Waals surface area contributed by atoms with E-state index in [9.17, 15) is 4.79 Å². The molecule has 4 N–H and O–H groups in total. The van der Waals surface area contributed by atoms with E-state index in [2.05, 4.69) is 30.8 Å². The summed E-state index contributed by atoms with van der Waals surface area (Å²) in [6, 6.07) is 16.3. The molecule has 0 saturated heterocycles. The number of aromatic nitrogens is 7. The van der Waals surface area contributed by atoms with Gasteiger partial charge in [0.2, 0.25) is 0 Å². The van der Waals surface area contributed by atoms with Gasteiger partial charge in [0.15, 0.2) is 0 Å². The highest BCUT2D eigenvalue weighted by molar-refractivity contribution is 6.31. The van der Waals surface area contributed by atoms with Crippen molar-refractivity contribution in [1.29, 1.82) is 5.41 Å². The van der Waals surface area contributed by atoms with Crippen LogP contribution in [0.25, 0.3) is 28.1 Å². The summed E-state index contributed by atoms with van der Waals surface area (Å²) < 4.78 is 3.34. The molecule has 1 atom stereocenters. The molecular formula is C26H22ClN9O2. The number of halogens is 1. The van der Waals surface area contributed by atoms with Gasteiger partial charge in [-0.05, 0) is 70.8 Å². The number of aromatic amines is 1. The smallest absolute Gasteiger partial charge is 0.252 e. The quantitative estimate of drug-likeness (QED) is 0.195. The lowest BCUT2D eigenvalue weighted by Crippen LogP contribution is -2.23. The lowest BCUT2D eigenvalue weighted by atomic mass is 10.0. The number of benzene rings is 2. The van der Waals surface area contributed by atoms with Gasteiger partial charge >= 0.3 is 0 Å². The molecule has 190 valence electrons. The highest BCUT2D eigenvalue weighted by Gasteiger charge is 2.28. The Kier molecular flexibility index (Phi) is 6.06. The van der Waals surface area contributed by atoms with Crippen molar-refractivity contribution in [3.05, 3.63) is 94.0 Å². The zero-order chi connectivity index (χ0) is 26.2. The predicted molar refractivity (Wildman–Crippen MR) is 143 cm³/mol. The average molecular weight is 528 g/mol. The third-order valence-corrected chi connectivity index (χ3v) is 6.79. The number of H-pyrrole nitrogens is 1. The van der Waals surface area contributed by atoms with E-state index in [4.69, 9.17) is 22.1 Å². The van der Waals surface area contributed by atoms with Crippen molar-refractivity contribution in [3.8, 4) is 28.1 Å². The molecule has 3 aromatic heterocycles. The Morgan fingerprint density at radius 3 is 2.76 bits per heavy atom. The van der Waals surface area contributed by atoms with Gasteiger partial charge in [0.25, 0.3) is 5.56 Å². The second kappa shape index (κ2) is 9.69. The molecule has 0 radical (unpaired) electrons. The van der Waals surface area contributed by atoms with Gasteiger partial charge in [0.1, 0.15) is 24.6 Å². The number of imidazole rings is 1. The fourth-order valence-corrected chi connectivity index (χ4v) is 4.99. The van der Waals surface area contributed by atoms with Gasteiger partial charge in [-0.2, -0.15) is 4.68 Å². The summed E-state index contributed by atoms with van der Waals surface area (Å²) in [5.74, 6) is 0.743. The SMILES string of the molecule is N=C(CO)Nc1ccc(-c2cnc([C@@H]3CCc4cc(-c5cc(Cl)ccc5-n5cnnn5)cc(=O)n43)[nH]2)cc1. The van der Waals surface area contributed by atoms with Gasteiger partial charge in [-0.1, -0.05) is 23.7 Å². The molecule has 0 spiro atoms. The largest absolute Gasteiger partial charge is 0.388 e. The molecular weight excluding hydrogens is 506 g/mol. The number of nitrogens with zero attached hydrogens (tertiary/aromatic N) is 6. The van der Waals surface area contributed by atoms with Crippen LogP contribution >= 0.6 is 11.6 Å². The first-order valence-electron chi connectivity index (χ1n) is 11.9. The maximum Gasteiger partial charge on any atom is 0.252 e. The van der Waals surface area contributed by atoms with Crippen molar-refractivity contribution < 1.29 is 5.11 Å². The van der Waals surface area contributed by atoms with Crippen LogP contribution in [0.3, 0.4) is 0 Å². The van der Waals surface area contributed by atoms with Crippen LogP contribution in [-0.4, -0.2) is 52.3 Å². The number of amidine groups is 1. The summed E-state index contributed by atoms with van der Waals surface area (Å²) in [6.45, 7) is -0.352. The molecule has 1 aliphatic heterocycles. The molecule has 4 heterocycles. The molecule has 12 heteroatoms. The molecule has 0 bridgehead atoms. The standard InChI is InChI=1S/C26H22ClN9O2/c27-17-3-7-22(35-14-30-33-34-35)20(11-17)16-9-19-6-8-23(36(19)25(38)10-16)26-29-12-21(32-26)15-1-4-18(5-2-15)31-24(28)13-37/h1-5,7,9-12,14,23,37H,6,8,13H2,(H2,28,31)(H,29,32)/t23-/m0/s1. The molecule has 0 amide bonds. The zero-order valence-corrected chi connectivity index (χ0v) is 20.7. The van der Waals surface area contributed by atoms with Crippen LogP contribution in [-0.2, 0) is 6.42 Å². The van der Waals surface area contributed by atoms with Crippen LogP contribution in [0.15, 0.2) is 71.9 Å². The third kappa shape index (κ3) is 4.38. The Hall–Kier alpha value is -4.61. The van der Waals surface area contributed by atoms with Crippen molar-refractivity contribution in [3.63, 3.8) is 0 Å². The fraction of sp³-hybridized carbons (Fsp3) is 0.154. The van der Waals surface area contributed by atoms with Crippen molar-refractivity contribution in [1.82, 2.24) is 34.7 Å². The van der Waals surface area contributed by atoms with E-state index < -0.39 is 0 Å². The zero-order valence-electron chi connectivity index (χ0n) is 20.0. The van der Waals surface area contributed by atoms with E-state index in [0.29, 0.717) is 10.7 Å². The molecule has 5 aromatic rings. The lowest BCUT2D eigenvalue weighted by molar-refractivity contribution is 0.356. The Morgan fingerprint density at radius 2 is 2.00 bits per heavy atom. The van der Waals surface area contributed by atoms with E-state index in [1.807, 2.05) is 42.5 Å². The first-order valence-corrected chi connectivity index (χ1v) is 12.3. The predicted octanol–water partition coefficient (Wildman–Crippen LogP) is 3.45. The minimum absolute atomic E-state index is 0.0251. The van der Waals surface area contributed by atoms with Crippen molar-refractivity contribution in [2.75, 3.05) is 11.9 Å². The summed E-state index contributed by atoms with van der Waals surface area (Å²) >= 11 is 6.30. The van der Waals surface area contributed by atoms with Gasteiger partial charge in [-0.25, -0.2) is 4.98 Å². The molecule has 0 saturated carbocycles. The molecule has 0 unspecified atom stereocenters. The van der Waals surface area contributed by atoms with E-state index in [-0.39, 0.29) is 24.0 Å². The van der Waals surface area contributed by atoms with Crippen LogP contribution in [0.2, 0.25) is 5.02 Å². The van der Waals surface area contributed by atoms with Gasteiger partial charge < -0.3 is 20.0 Å². The van der Waals surface area contributed by atoms with Crippen LogP contribution in [0.5, 0.6) is 0 Å². The number of hydrogen-bond donors (Lipinski definition) is 4. The number of hydrogen-bond acceptors (Lipinski definition) is 7. The number of rotatable bonds is 6. The monoisotopic (exact) mass is 527 g/mol. The average Bonchev–Trinajstić information content (AvgIpc) is 3.70. The van der Waals surface area contributed by atoms with Crippen LogP contribution in [0.1, 0.15) is 24.0 Å². The van der Waals surface area contributed by atoms with E-state index >= 15 is 0 Å². The molecule has 0 aliphatic carbocycles. The van der Waals surface area contributed by atoms with Crippen molar-refractivity contribution >= 4 is 23.1 Å². The number of nitrogens with one attached hydrogen (secondary N) is 3.